The second-order valence-corrected chi connectivity index (χ2v) is 7.01. The van der Waals surface area contributed by atoms with E-state index in [-0.39, 0.29) is 11.8 Å². The maximum Gasteiger partial charge on any atom is 0.287 e. The molecule has 0 saturated heterocycles. The number of fused-ring (bicyclic) bond motifs is 1. The lowest BCUT2D eigenvalue weighted by Crippen LogP contribution is -2.28. The monoisotopic (exact) mass is 373 g/mol. The van der Waals surface area contributed by atoms with Crippen LogP contribution in [0.2, 0.25) is 0 Å². The SMILES string of the molecule is CN(C)CCCNC(=O)c1nc(C(=O)NCc2ccco2)n2c1CCCC2. The van der Waals surface area contributed by atoms with E-state index in [1.54, 1.807) is 18.4 Å². The van der Waals surface area contributed by atoms with Crippen molar-refractivity contribution < 1.29 is 14.0 Å². The molecule has 0 fully saturated rings. The third-order valence-electron chi connectivity index (χ3n) is 4.61. The van der Waals surface area contributed by atoms with Gasteiger partial charge in [-0.05, 0) is 58.5 Å². The minimum atomic E-state index is -0.291. The zero-order valence-corrected chi connectivity index (χ0v) is 16.0. The van der Waals surface area contributed by atoms with Crippen molar-refractivity contribution >= 4 is 11.8 Å². The fourth-order valence-electron chi connectivity index (χ4n) is 3.24. The van der Waals surface area contributed by atoms with E-state index in [1.807, 2.05) is 18.7 Å². The van der Waals surface area contributed by atoms with Crippen LogP contribution in [0.25, 0.3) is 0 Å². The first-order chi connectivity index (χ1) is 13.1. The van der Waals surface area contributed by atoms with Crippen LogP contribution >= 0.6 is 0 Å². The molecule has 0 bridgehead atoms. The molecule has 0 saturated carbocycles. The Hall–Kier alpha value is -2.61. The van der Waals surface area contributed by atoms with Crippen LogP contribution in [0.1, 0.15) is 51.8 Å². The van der Waals surface area contributed by atoms with Gasteiger partial charge in [0.2, 0.25) is 0 Å². The van der Waals surface area contributed by atoms with Crippen LogP contribution in [-0.2, 0) is 19.5 Å². The fraction of sp³-hybridized carbons (Fsp3) is 0.526. The summed E-state index contributed by atoms with van der Waals surface area (Å²) in [6.07, 6.45) is 5.17. The maximum atomic E-state index is 12.6. The van der Waals surface area contributed by atoms with Gasteiger partial charge in [-0.3, -0.25) is 9.59 Å². The summed E-state index contributed by atoms with van der Waals surface area (Å²) in [6.45, 7) is 2.49. The molecular weight excluding hydrogens is 346 g/mol. The van der Waals surface area contributed by atoms with Crippen molar-refractivity contribution in [1.29, 1.82) is 0 Å². The van der Waals surface area contributed by atoms with Gasteiger partial charge in [0.25, 0.3) is 11.8 Å². The summed E-state index contributed by atoms with van der Waals surface area (Å²) < 4.78 is 7.12. The van der Waals surface area contributed by atoms with Gasteiger partial charge in [0.05, 0.1) is 18.5 Å². The smallest absolute Gasteiger partial charge is 0.287 e. The van der Waals surface area contributed by atoms with Gasteiger partial charge in [0, 0.05) is 13.1 Å². The maximum absolute atomic E-state index is 12.6. The van der Waals surface area contributed by atoms with E-state index in [2.05, 4.69) is 20.5 Å². The first-order valence-electron chi connectivity index (χ1n) is 9.39. The van der Waals surface area contributed by atoms with Crippen molar-refractivity contribution in [2.75, 3.05) is 27.2 Å². The van der Waals surface area contributed by atoms with E-state index < -0.39 is 0 Å². The number of hydrogen-bond donors (Lipinski definition) is 2. The lowest BCUT2D eigenvalue weighted by atomic mass is 10.1. The minimum Gasteiger partial charge on any atom is -0.467 e. The van der Waals surface area contributed by atoms with Gasteiger partial charge in [-0.25, -0.2) is 4.98 Å². The van der Waals surface area contributed by atoms with E-state index in [9.17, 15) is 9.59 Å². The van der Waals surface area contributed by atoms with Gasteiger partial charge < -0.3 is 24.5 Å². The van der Waals surface area contributed by atoms with Crippen molar-refractivity contribution in [3.63, 3.8) is 0 Å². The van der Waals surface area contributed by atoms with Crippen LogP contribution in [0, 0.1) is 0 Å². The van der Waals surface area contributed by atoms with Crippen LogP contribution < -0.4 is 10.6 Å². The molecule has 2 N–H and O–H groups in total. The van der Waals surface area contributed by atoms with Gasteiger partial charge in [-0.15, -0.1) is 0 Å². The normalized spacial score (nSPS) is 13.4. The number of furan rings is 1. The first kappa shape index (κ1) is 19.2. The molecule has 1 aliphatic rings. The Morgan fingerprint density at radius 1 is 1.26 bits per heavy atom. The lowest BCUT2D eigenvalue weighted by molar-refractivity contribution is 0.0932. The van der Waals surface area contributed by atoms with Crippen LogP contribution in [0.3, 0.4) is 0 Å². The Morgan fingerprint density at radius 2 is 2.11 bits per heavy atom. The van der Waals surface area contributed by atoms with E-state index >= 15 is 0 Å². The quantitative estimate of drug-likeness (QED) is 0.683. The number of amides is 2. The molecule has 2 amide bonds. The molecule has 0 atom stereocenters. The van der Waals surface area contributed by atoms with Gasteiger partial charge in [0.15, 0.2) is 5.82 Å². The highest BCUT2D eigenvalue weighted by atomic mass is 16.3. The molecule has 0 unspecified atom stereocenters. The van der Waals surface area contributed by atoms with Crippen molar-refractivity contribution in [2.45, 2.75) is 38.8 Å². The number of carbonyl (C=O) groups excluding carboxylic acids is 2. The van der Waals surface area contributed by atoms with Crippen LogP contribution in [0.5, 0.6) is 0 Å². The predicted molar refractivity (Wildman–Crippen MR) is 101 cm³/mol. The fourth-order valence-corrected chi connectivity index (χ4v) is 3.24. The summed E-state index contributed by atoms with van der Waals surface area (Å²) in [5, 5.41) is 5.74. The van der Waals surface area contributed by atoms with Gasteiger partial charge >= 0.3 is 0 Å². The molecule has 0 aliphatic carbocycles. The van der Waals surface area contributed by atoms with E-state index in [1.165, 1.54) is 0 Å². The molecule has 0 radical (unpaired) electrons. The highest BCUT2D eigenvalue weighted by Crippen LogP contribution is 2.21. The van der Waals surface area contributed by atoms with E-state index in [4.69, 9.17) is 4.42 Å². The average Bonchev–Trinajstić information content (AvgIpc) is 3.30. The first-order valence-corrected chi connectivity index (χ1v) is 9.39. The second-order valence-electron chi connectivity index (χ2n) is 7.01. The number of rotatable bonds is 8. The number of aromatic nitrogens is 2. The molecule has 2 aromatic rings. The second kappa shape index (κ2) is 8.85. The van der Waals surface area contributed by atoms with Crippen LogP contribution in [-0.4, -0.2) is 53.5 Å². The summed E-state index contributed by atoms with van der Waals surface area (Å²) in [5.74, 6) is 0.480. The minimum absolute atomic E-state index is 0.204. The molecule has 3 heterocycles. The van der Waals surface area contributed by atoms with Crippen molar-refractivity contribution in [3.8, 4) is 0 Å². The third kappa shape index (κ3) is 4.77. The molecule has 8 heteroatoms. The highest BCUT2D eigenvalue weighted by molar-refractivity contribution is 5.97. The third-order valence-corrected chi connectivity index (χ3v) is 4.61. The lowest BCUT2D eigenvalue weighted by Gasteiger charge is -2.17. The molecule has 27 heavy (non-hydrogen) atoms. The van der Waals surface area contributed by atoms with Gasteiger partial charge in [-0.1, -0.05) is 0 Å². The summed E-state index contributed by atoms with van der Waals surface area (Å²) in [6, 6.07) is 3.57. The number of imidazole rings is 1. The molecule has 146 valence electrons. The van der Waals surface area contributed by atoms with Crippen LogP contribution in [0.15, 0.2) is 22.8 Å². The molecule has 0 spiro atoms. The summed E-state index contributed by atoms with van der Waals surface area (Å²) >= 11 is 0. The topological polar surface area (TPSA) is 92.4 Å². The number of carbonyl (C=O) groups is 2. The molecule has 0 aromatic carbocycles. The molecule has 8 nitrogen and oxygen atoms in total. The Morgan fingerprint density at radius 3 is 2.85 bits per heavy atom. The Labute approximate surface area is 158 Å². The summed E-state index contributed by atoms with van der Waals surface area (Å²) in [4.78, 5) is 31.7. The molecule has 1 aliphatic heterocycles. The average molecular weight is 373 g/mol. The summed E-state index contributed by atoms with van der Waals surface area (Å²) in [7, 11) is 4.00. The summed E-state index contributed by atoms with van der Waals surface area (Å²) in [5.41, 5.74) is 1.23. The Balaban J connectivity index is 1.69. The number of hydrogen-bond acceptors (Lipinski definition) is 5. The van der Waals surface area contributed by atoms with Crippen LogP contribution in [0.4, 0.5) is 0 Å². The van der Waals surface area contributed by atoms with Crippen molar-refractivity contribution in [2.24, 2.45) is 0 Å². The molecule has 2 aromatic heterocycles. The van der Waals surface area contributed by atoms with E-state index in [0.717, 1.165) is 37.9 Å². The Kier molecular flexibility index (Phi) is 6.28. The van der Waals surface area contributed by atoms with Gasteiger partial charge in [-0.2, -0.15) is 0 Å². The van der Waals surface area contributed by atoms with E-state index in [0.29, 0.717) is 36.9 Å². The van der Waals surface area contributed by atoms with Crippen molar-refractivity contribution in [3.05, 3.63) is 41.4 Å². The predicted octanol–water partition coefficient (Wildman–Crippen LogP) is 1.42. The largest absolute Gasteiger partial charge is 0.467 e. The zero-order valence-electron chi connectivity index (χ0n) is 16.0. The highest BCUT2D eigenvalue weighted by Gasteiger charge is 2.27. The standard InChI is InChI=1S/C19H27N5O3/c1-23(2)10-6-9-20-18(25)16-15-8-3-4-11-24(15)17(22-16)19(26)21-13-14-7-5-12-27-14/h5,7,12H,3-4,6,8-11,13H2,1-2H3,(H,20,25)(H,21,26). The zero-order chi connectivity index (χ0) is 19.2. The Bertz CT molecular complexity index is 780. The molecular formula is C19H27N5O3. The number of nitrogens with zero attached hydrogens (tertiary/aromatic N) is 3. The number of nitrogens with one attached hydrogen (secondary N) is 2. The van der Waals surface area contributed by atoms with Crippen molar-refractivity contribution in [1.82, 2.24) is 25.1 Å². The van der Waals surface area contributed by atoms with Gasteiger partial charge in [0.1, 0.15) is 11.5 Å². The molecule has 3 rings (SSSR count).